The molecule has 194 valence electrons. The SMILES string of the molecule is CN1CCN(c2cncc3[nH]c(-c4n[nH]c5cnc(-c6cncc(OC7CCNCC7)c6)cc45)cc23)CC1. The number of hydrogen-bond acceptors (Lipinski definition) is 8. The van der Waals surface area contributed by atoms with Crippen molar-refractivity contribution in [2.24, 2.45) is 0 Å². The molecule has 0 amide bonds. The molecule has 0 aromatic carbocycles. The van der Waals surface area contributed by atoms with E-state index in [4.69, 9.17) is 4.74 Å². The molecule has 0 bridgehead atoms. The number of piperidine rings is 1. The van der Waals surface area contributed by atoms with Gasteiger partial charge in [-0.25, -0.2) is 0 Å². The second-order valence-corrected chi connectivity index (χ2v) is 10.3. The van der Waals surface area contributed by atoms with Crippen LogP contribution in [0.2, 0.25) is 0 Å². The number of H-pyrrole nitrogens is 2. The van der Waals surface area contributed by atoms with Crippen molar-refractivity contribution in [2.75, 3.05) is 51.2 Å². The molecule has 0 unspecified atom stereocenters. The van der Waals surface area contributed by atoms with Crippen LogP contribution < -0.4 is 15.0 Å². The van der Waals surface area contributed by atoms with Gasteiger partial charge in [-0.15, -0.1) is 0 Å². The first-order valence-electron chi connectivity index (χ1n) is 13.3. The van der Waals surface area contributed by atoms with Crippen LogP contribution in [0.1, 0.15) is 12.8 Å². The molecular formula is C28H31N9O. The average Bonchev–Trinajstić information content (AvgIpc) is 3.58. The highest BCUT2D eigenvalue weighted by Crippen LogP contribution is 2.34. The van der Waals surface area contributed by atoms with E-state index < -0.39 is 0 Å². The number of fused-ring (bicyclic) bond motifs is 2. The van der Waals surface area contributed by atoms with Crippen LogP contribution in [0.15, 0.2) is 49.2 Å². The molecule has 3 N–H and O–H groups in total. The maximum Gasteiger partial charge on any atom is 0.138 e. The van der Waals surface area contributed by atoms with E-state index >= 15 is 0 Å². The number of likely N-dealkylation sites (N-methyl/N-ethyl adjacent to an activating group) is 1. The standard InChI is InChI=1S/C28H31N9O/c1-36-6-8-37(9-7-36)27-17-31-15-25-21(27)11-24(33-25)28-22-12-23(32-16-26(22)34-35-28)18-10-20(14-30-13-18)38-19-2-4-29-5-3-19/h10-17,19,29,33H,2-9H2,1H3,(H,34,35). The molecule has 0 radical (unpaired) electrons. The van der Waals surface area contributed by atoms with E-state index in [2.05, 4.69) is 64.4 Å². The molecule has 10 nitrogen and oxygen atoms in total. The lowest BCUT2D eigenvalue weighted by molar-refractivity contribution is 0.162. The summed E-state index contributed by atoms with van der Waals surface area (Å²) in [5, 5.41) is 13.3. The monoisotopic (exact) mass is 509 g/mol. The number of ether oxygens (including phenoxy) is 1. The van der Waals surface area contributed by atoms with E-state index in [0.29, 0.717) is 0 Å². The summed E-state index contributed by atoms with van der Waals surface area (Å²) in [6, 6.07) is 6.29. The Labute approximate surface area is 220 Å². The number of nitrogens with one attached hydrogen (secondary N) is 3. The van der Waals surface area contributed by atoms with Gasteiger partial charge in [-0.2, -0.15) is 5.10 Å². The Kier molecular flexibility index (Phi) is 5.90. The van der Waals surface area contributed by atoms with Crippen LogP contribution in [-0.2, 0) is 0 Å². The van der Waals surface area contributed by atoms with E-state index in [1.807, 2.05) is 30.9 Å². The van der Waals surface area contributed by atoms with Crippen molar-refractivity contribution in [1.82, 2.24) is 40.3 Å². The molecule has 0 saturated carbocycles. The summed E-state index contributed by atoms with van der Waals surface area (Å²) < 4.78 is 6.22. The lowest BCUT2D eigenvalue weighted by Crippen LogP contribution is -2.44. The molecule has 2 saturated heterocycles. The molecule has 5 aromatic heterocycles. The van der Waals surface area contributed by atoms with Gasteiger partial charge < -0.3 is 24.8 Å². The van der Waals surface area contributed by atoms with Crippen LogP contribution in [0.3, 0.4) is 0 Å². The summed E-state index contributed by atoms with van der Waals surface area (Å²) in [6.45, 7) is 6.05. The zero-order chi connectivity index (χ0) is 25.5. The molecule has 7 rings (SSSR count). The van der Waals surface area contributed by atoms with Crippen LogP contribution in [0.25, 0.3) is 44.5 Å². The molecule has 2 fully saturated rings. The molecule has 7 heterocycles. The fourth-order valence-electron chi connectivity index (χ4n) is 5.47. The first-order valence-corrected chi connectivity index (χ1v) is 13.3. The molecule has 5 aromatic rings. The minimum absolute atomic E-state index is 0.219. The highest BCUT2D eigenvalue weighted by atomic mass is 16.5. The van der Waals surface area contributed by atoms with Gasteiger partial charge in [0.25, 0.3) is 0 Å². The normalized spacial score (nSPS) is 17.4. The number of aromatic amines is 2. The highest BCUT2D eigenvalue weighted by molar-refractivity contribution is 6.00. The quantitative estimate of drug-likeness (QED) is 0.330. The molecular weight excluding hydrogens is 478 g/mol. The number of aromatic nitrogens is 6. The van der Waals surface area contributed by atoms with Gasteiger partial charge in [0.05, 0.1) is 52.9 Å². The van der Waals surface area contributed by atoms with Gasteiger partial charge in [-0.05, 0) is 51.2 Å². The summed E-state index contributed by atoms with van der Waals surface area (Å²) in [6.07, 6.45) is 11.5. The number of rotatable bonds is 5. The summed E-state index contributed by atoms with van der Waals surface area (Å²) in [7, 11) is 2.17. The van der Waals surface area contributed by atoms with Gasteiger partial charge in [0.1, 0.15) is 17.5 Å². The van der Waals surface area contributed by atoms with Crippen molar-refractivity contribution in [3.63, 3.8) is 0 Å². The molecule has 2 aliphatic rings. The van der Waals surface area contributed by atoms with Crippen molar-refractivity contribution in [3.05, 3.63) is 49.2 Å². The fourth-order valence-corrected chi connectivity index (χ4v) is 5.47. The Bertz CT molecular complexity index is 1580. The van der Waals surface area contributed by atoms with Crippen molar-refractivity contribution in [3.8, 4) is 28.4 Å². The first-order chi connectivity index (χ1) is 18.7. The third kappa shape index (κ3) is 4.35. The van der Waals surface area contributed by atoms with Gasteiger partial charge in [-0.3, -0.25) is 20.1 Å². The summed E-state index contributed by atoms with van der Waals surface area (Å²) in [5.74, 6) is 0.781. The fraction of sp³-hybridized carbons (Fsp3) is 0.357. The Morgan fingerprint density at radius 3 is 2.58 bits per heavy atom. The predicted molar refractivity (Wildman–Crippen MR) is 148 cm³/mol. The average molecular weight is 510 g/mol. The lowest BCUT2D eigenvalue weighted by atomic mass is 10.1. The Hall–Kier alpha value is -4.02. The number of piperazine rings is 1. The highest BCUT2D eigenvalue weighted by Gasteiger charge is 2.20. The zero-order valence-corrected chi connectivity index (χ0v) is 21.4. The minimum atomic E-state index is 0.219. The van der Waals surface area contributed by atoms with E-state index in [0.717, 1.165) is 108 Å². The minimum Gasteiger partial charge on any atom is -0.489 e. The van der Waals surface area contributed by atoms with Crippen molar-refractivity contribution in [2.45, 2.75) is 18.9 Å². The first kappa shape index (κ1) is 23.1. The van der Waals surface area contributed by atoms with Gasteiger partial charge in [0.15, 0.2) is 0 Å². The van der Waals surface area contributed by atoms with Crippen LogP contribution in [0, 0.1) is 0 Å². The predicted octanol–water partition coefficient (Wildman–Crippen LogP) is 3.45. The van der Waals surface area contributed by atoms with Gasteiger partial charge in [0.2, 0.25) is 0 Å². The van der Waals surface area contributed by atoms with E-state index in [1.165, 1.54) is 0 Å². The Balaban J connectivity index is 1.22. The molecule has 0 atom stereocenters. The van der Waals surface area contributed by atoms with E-state index in [9.17, 15) is 0 Å². The molecule has 0 aliphatic carbocycles. The Morgan fingerprint density at radius 2 is 1.71 bits per heavy atom. The second-order valence-electron chi connectivity index (χ2n) is 10.3. The van der Waals surface area contributed by atoms with E-state index in [-0.39, 0.29) is 6.10 Å². The molecule has 38 heavy (non-hydrogen) atoms. The van der Waals surface area contributed by atoms with Crippen molar-refractivity contribution in [1.29, 1.82) is 0 Å². The van der Waals surface area contributed by atoms with Crippen molar-refractivity contribution >= 4 is 27.5 Å². The van der Waals surface area contributed by atoms with Crippen LogP contribution in [-0.4, -0.2) is 87.5 Å². The number of anilines is 1. The molecule has 10 heteroatoms. The maximum atomic E-state index is 6.22. The zero-order valence-electron chi connectivity index (χ0n) is 21.4. The number of pyridine rings is 3. The van der Waals surface area contributed by atoms with E-state index in [1.54, 1.807) is 6.20 Å². The smallest absolute Gasteiger partial charge is 0.138 e. The Morgan fingerprint density at radius 1 is 0.868 bits per heavy atom. The third-order valence-electron chi connectivity index (χ3n) is 7.67. The van der Waals surface area contributed by atoms with Gasteiger partial charge in [0, 0.05) is 48.7 Å². The van der Waals surface area contributed by atoms with Gasteiger partial charge >= 0.3 is 0 Å². The summed E-state index contributed by atoms with van der Waals surface area (Å²) in [5.41, 5.74) is 6.62. The second kappa shape index (κ2) is 9.70. The third-order valence-corrected chi connectivity index (χ3v) is 7.67. The number of hydrogen-bond donors (Lipinski definition) is 3. The largest absolute Gasteiger partial charge is 0.489 e. The van der Waals surface area contributed by atoms with Crippen molar-refractivity contribution < 1.29 is 4.74 Å². The topological polar surface area (TPSA) is 111 Å². The summed E-state index contributed by atoms with van der Waals surface area (Å²) >= 11 is 0. The van der Waals surface area contributed by atoms with Crippen LogP contribution in [0.5, 0.6) is 5.75 Å². The molecule has 0 spiro atoms. The molecule has 2 aliphatic heterocycles. The van der Waals surface area contributed by atoms with Crippen LogP contribution >= 0.6 is 0 Å². The van der Waals surface area contributed by atoms with Crippen LogP contribution in [0.4, 0.5) is 5.69 Å². The maximum absolute atomic E-state index is 6.22. The van der Waals surface area contributed by atoms with Gasteiger partial charge in [-0.1, -0.05) is 0 Å². The summed E-state index contributed by atoms with van der Waals surface area (Å²) in [4.78, 5) is 22.0. The lowest BCUT2D eigenvalue weighted by Gasteiger charge is -2.34. The number of nitrogens with zero attached hydrogens (tertiary/aromatic N) is 6.